The van der Waals surface area contributed by atoms with E-state index in [-0.39, 0.29) is 11.8 Å². The highest BCUT2D eigenvalue weighted by atomic mass is 32.2. The lowest BCUT2D eigenvalue weighted by atomic mass is 10.1. The smallest absolute Gasteiger partial charge is 0.314 e. The topological polar surface area (TPSA) is 61.4 Å². The highest BCUT2D eigenvalue weighted by Gasteiger charge is 2.00. The maximum atomic E-state index is 11.7. The van der Waals surface area contributed by atoms with E-state index in [2.05, 4.69) is 22.8 Å². The molecule has 0 aliphatic heterocycles. The predicted octanol–water partition coefficient (Wildman–Crippen LogP) is 3.81. The van der Waals surface area contributed by atoms with Gasteiger partial charge in [0.2, 0.25) is 0 Å². The van der Waals surface area contributed by atoms with E-state index in [1.165, 1.54) is 4.90 Å². The fourth-order valence-corrected chi connectivity index (χ4v) is 3.07. The van der Waals surface area contributed by atoms with Crippen molar-refractivity contribution in [3.63, 3.8) is 0 Å². The number of carbonyl (C=O) groups excluding carboxylic acids is 1. The molecular weight excluding hydrogens is 320 g/mol. The highest BCUT2D eigenvalue weighted by Crippen LogP contribution is 2.17. The number of benzene rings is 2. The Morgan fingerprint density at radius 1 is 0.917 bits per heavy atom. The zero-order valence-electron chi connectivity index (χ0n) is 13.7. The van der Waals surface area contributed by atoms with Crippen LogP contribution in [0.5, 0.6) is 5.75 Å². The Labute approximate surface area is 147 Å². The molecule has 0 aliphatic rings. The molecule has 0 unspecified atom stereocenters. The van der Waals surface area contributed by atoms with Crippen molar-refractivity contribution in [3.05, 3.63) is 60.2 Å². The molecule has 0 aromatic heterocycles. The zero-order valence-corrected chi connectivity index (χ0v) is 14.5. The minimum absolute atomic E-state index is 0.106. The van der Waals surface area contributed by atoms with E-state index >= 15 is 0 Å². The number of amides is 2. The average Bonchev–Trinajstić information content (AvgIpc) is 2.61. The molecule has 0 bridgehead atoms. The number of phenolic OH excluding ortho intramolecular Hbond substituents is 1. The molecule has 2 aromatic rings. The zero-order chi connectivity index (χ0) is 17.0. The Bertz CT molecular complexity index is 603. The molecule has 0 saturated heterocycles. The number of aryl methyl sites for hydroxylation is 1. The van der Waals surface area contributed by atoms with Crippen LogP contribution in [0.4, 0.5) is 4.79 Å². The molecule has 24 heavy (non-hydrogen) atoms. The number of thioether (sulfide) groups is 1. The van der Waals surface area contributed by atoms with Crippen molar-refractivity contribution in [1.82, 2.24) is 10.6 Å². The van der Waals surface area contributed by atoms with E-state index in [1.54, 1.807) is 23.9 Å². The first-order valence-corrected chi connectivity index (χ1v) is 9.20. The van der Waals surface area contributed by atoms with Gasteiger partial charge in [0.1, 0.15) is 5.75 Å². The minimum Gasteiger partial charge on any atom is -0.508 e. The summed E-state index contributed by atoms with van der Waals surface area (Å²) in [6.07, 6.45) is 2.71. The molecule has 0 heterocycles. The fraction of sp³-hybridized carbons (Fsp3) is 0.316. The second kappa shape index (κ2) is 10.6. The van der Waals surface area contributed by atoms with Gasteiger partial charge in [-0.2, -0.15) is 0 Å². The molecule has 0 radical (unpaired) electrons. The van der Waals surface area contributed by atoms with Crippen LogP contribution in [0.25, 0.3) is 0 Å². The Hall–Kier alpha value is -2.14. The molecule has 0 aliphatic carbocycles. The van der Waals surface area contributed by atoms with Crippen LogP contribution in [0.15, 0.2) is 59.5 Å². The molecule has 2 amide bonds. The third-order valence-electron chi connectivity index (χ3n) is 3.48. The predicted molar refractivity (Wildman–Crippen MR) is 99.6 cm³/mol. The Balaban J connectivity index is 1.47. The van der Waals surface area contributed by atoms with Crippen LogP contribution >= 0.6 is 11.8 Å². The summed E-state index contributed by atoms with van der Waals surface area (Å²) in [6.45, 7) is 1.33. The van der Waals surface area contributed by atoms with Crippen molar-refractivity contribution < 1.29 is 9.90 Å². The van der Waals surface area contributed by atoms with Crippen molar-refractivity contribution >= 4 is 17.8 Å². The summed E-state index contributed by atoms with van der Waals surface area (Å²) in [4.78, 5) is 12.9. The third kappa shape index (κ3) is 7.42. The largest absolute Gasteiger partial charge is 0.508 e. The fourth-order valence-electron chi connectivity index (χ4n) is 2.20. The molecular formula is C19H24N2O2S. The van der Waals surface area contributed by atoms with Crippen molar-refractivity contribution in [3.8, 4) is 5.75 Å². The molecule has 5 heteroatoms. The highest BCUT2D eigenvalue weighted by molar-refractivity contribution is 7.99. The van der Waals surface area contributed by atoms with Crippen molar-refractivity contribution in [2.75, 3.05) is 18.8 Å². The number of rotatable bonds is 9. The van der Waals surface area contributed by atoms with E-state index in [1.807, 2.05) is 30.3 Å². The van der Waals surface area contributed by atoms with Gasteiger partial charge in [-0.05, 0) is 54.8 Å². The maximum Gasteiger partial charge on any atom is 0.314 e. The van der Waals surface area contributed by atoms with Crippen LogP contribution in [0.3, 0.4) is 0 Å². The summed E-state index contributed by atoms with van der Waals surface area (Å²) in [6, 6.07) is 17.3. The van der Waals surface area contributed by atoms with Crippen LogP contribution in [0.2, 0.25) is 0 Å². The van der Waals surface area contributed by atoms with Crippen LogP contribution in [0.1, 0.15) is 18.4 Å². The van der Waals surface area contributed by atoms with Gasteiger partial charge in [0.05, 0.1) is 0 Å². The van der Waals surface area contributed by atoms with Gasteiger partial charge in [0, 0.05) is 18.0 Å². The molecule has 2 rings (SSSR count). The standard InChI is InChI=1S/C19H24N2O2S/c22-17-11-9-16(10-12-17)6-4-13-20-19(23)21-14-5-15-24-18-7-2-1-3-8-18/h1-3,7-12,22H,4-6,13-15H2,(H2,20,21,23). The van der Waals surface area contributed by atoms with Crippen LogP contribution in [0, 0.1) is 0 Å². The van der Waals surface area contributed by atoms with Gasteiger partial charge in [-0.1, -0.05) is 30.3 Å². The summed E-state index contributed by atoms with van der Waals surface area (Å²) < 4.78 is 0. The lowest BCUT2D eigenvalue weighted by Gasteiger charge is -2.08. The summed E-state index contributed by atoms with van der Waals surface area (Å²) in [5.41, 5.74) is 1.16. The van der Waals surface area contributed by atoms with Crippen LogP contribution < -0.4 is 10.6 Å². The first-order chi connectivity index (χ1) is 11.7. The number of nitrogens with one attached hydrogen (secondary N) is 2. The molecule has 128 valence electrons. The van der Waals surface area contributed by atoms with Gasteiger partial charge >= 0.3 is 6.03 Å². The molecule has 0 spiro atoms. The Morgan fingerprint density at radius 2 is 1.58 bits per heavy atom. The lowest BCUT2D eigenvalue weighted by molar-refractivity contribution is 0.241. The summed E-state index contributed by atoms with van der Waals surface area (Å²) in [7, 11) is 0. The summed E-state index contributed by atoms with van der Waals surface area (Å²) >= 11 is 1.80. The molecule has 2 aromatic carbocycles. The summed E-state index contributed by atoms with van der Waals surface area (Å²) in [5, 5.41) is 15.0. The van der Waals surface area contributed by atoms with Gasteiger partial charge < -0.3 is 15.7 Å². The average molecular weight is 344 g/mol. The van der Waals surface area contributed by atoms with Crippen molar-refractivity contribution in [1.29, 1.82) is 0 Å². The normalized spacial score (nSPS) is 10.3. The second-order valence-corrected chi connectivity index (χ2v) is 6.64. The first-order valence-electron chi connectivity index (χ1n) is 8.21. The van der Waals surface area contributed by atoms with Gasteiger partial charge in [-0.15, -0.1) is 11.8 Å². The Kier molecular flexibility index (Phi) is 8.04. The second-order valence-electron chi connectivity index (χ2n) is 5.47. The van der Waals surface area contributed by atoms with E-state index in [4.69, 9.17) is 0 Å². The van der Waals surface area contributed by atoms with Crippen LogP contribution in [-0.4, -0.2) is 30.0 Å². The minimum atomic E-state index is -0.106. The maximum absolute atomic E-state index is 11.7. The summed E-state index contributed by atoms with van der Waals surface area (Å²) in [5.74, 6) is 1.27. The van der Waals surface area contributed by atoms with Gasteiger partial charge in [-0.3, -0.25) is 0 Å². The Morgan fingerprint density at radius 3 is 2.29 bits per heavy atom. The van der Waals surface area contributed by atoms with Gasteiger partial charge in [0.25, 0.3) is 0 Å². The molecule has 4 nitrogen and oxygen atoms in total. The van der Waals surface area contributed by atoms with E-state index in [0.717, 1.165) is 30.6 Å². The number of hydrogen-bond donors (Lipinski definition) is 3. The number of hydrogen-bond acceptors (Lipinski definition) is 3. The van der Waals surface area contributed by atoms with Crippen molar-refractivity contribution in [2.45, 2.75) is 24.2 Å². The number of carbonyl (C=O) groups is 1. The van der Waals surface area contributed by atoms with Crippen molar-refractivity contribution in [2.24, 2.45) is 0 Å². The lowest BCUT2D eigenvalue weighted by Crippen LogP contribution is -2.36. The van der Waals surface area contributed by atoms with E-state index < -0.39 is 0 Å². The monoisotopic (exact) mass is 344 g/mol. The van der Waals surface area contributed by atoms with E-state index in [0.29, 0.717) is 13.1 Å². The quantitative estimate of drug-likeness (QED) is 0.479. The number of aromatic hydroxyl groups is 1. The number of urea groups is 1. The van der Waals surface area contributed by atoms with E-state index in [9.17, 15) is 9.90 Å². The SMILES string of the molecule is O=C(NCCCSc1ccccc1)NCCCc1ccc(O)cc1. The van der Waals surface area contributed by atoms with Crippen LogP contribution in [-0.2, 0) is 6.42 Å². The van der Waals surface area contributed by atoms with Gasteiger partial charge in [0.15, 0.2) is 0 Å². The first kappa shape index (κ1) is 18.2. The molecule has 0 fully saturated rings. The third-order valence-corrected chi connectivity index (χ3v) is 4.58. The molecule has 0 atom stereocenters. The molecule has 0 saturated carbocycles. The number of phenols is 1. The molecule has 3 N–H and O–H groups in total. The van der Waals surface area contributed by atoms with Gasteiger partial charge in [-0.25, -0.2) is 4.79 Å².